The van der Waals surface area contributed by atoms with E-state index in [0.717, 1.165) is 25.7 Å². The summed E-state index contributed by atoms with van der Waals surface area (Å²) in [7, 11) is -3.43. The van der Waals surface area contributed by atoms with E-state index < -0.39 is 15.3 Å². The molecule has 31 heavy (non-hydrogen) atoms. The first kappa shape index (κ1) is 22.8. The number of anilines is 3. The van der Waals surface area contributed by atoms with Crippen LogP contribution in [0.3, 0.4) is 0 Å². The molecule has 3 rings (SSSR count). The lowest BCUT2D eigenvalue weighted by molar-refractivity contribution is -0.120. The van der Waals surface area contributed by atoms with E-state index in [0.29, 0.717) is 22.6 Å². The zero-order valence-electron chi connectivity index (χ0n) is 17.9. The fourth-order valence-electron chi connectivity index (χ4n) is 3.42. The maximum atomic E-state index is 12.5. The lowest BCUT2D eigenvalue weighted by Gasteiger charge is -2.20. The van der Waals surface area contributed by atoms with Crippen LogP contribution in [-0.2, 0) is 14.8 Å². The molecule has 0 unspecified atom stereocenters. The zero-order valence-corrected chi connectivity index (χ0v) is 18.7. The molecule has 166 valence electrons. The van der Waals surface area contributed by atoms with Gasteiger partial charge in [-0.25, -0.2) is 8.42 Å². The predicted octanol–water partition coefficient (Wildman–Crippen LogP) is 4.61. The zero-order chi connectivity index (χ0) is 22.4. The summed E-state index contributed by atoms with van der Waals surface area (Å²) >= 11 is 0. The van der Waals surface area contributed by atoms with Crippen molar-refractivity contribution in [2.24, 2.45) is 5.92 Å². The monoisotopic (exact) mass is 443 g/mol. The summed E-state index contributed by atoms with van der Waals surface area (Å²) in [5, 5.41) is 5.20. The van der Waals surface area contributed by atoms with Gasteiger partial charge in [-0.2, -0.15) is 0 Å². The number of nitrogens with one attached hydrogen (secondary N) is 3. The van der Waals surface area contributed by atoms with Gasteiger partial charge in [0, 0.05) is 28.5 Å². The van der Waals surface area contributed by atoms with Crippen molar-refractivity contribution in [3.8, 4) is 0 Å². The number of carbonyl (C=O) groups is 2. The predicted molar refractivity (Wildman–Crippen MR) is 124 cm³/mol. The number of hydrogen-bond acceptors (Lipinski definition) is 4. The molecule has 0 aromatic heterocycles. The Bertz CT molecular complexity index is 1010. The van der Waals surface area contributed by atoms with E-state index in [1.165, 1.54) is 6.42 Å². The van der Waals surface area contributed by atoms with Crippen LogP contribution in [0.5, 0.6) is 0 Å². The first-order valence-electron chi connectivity index (χ1n) is 10.6. The smallest absolute Gasteiger partial charge is 0.255 e. The summed E-state index contributed by atoms with van der Waals surface area (Å²) in [6.45, 7) is 3.19. The maximum Gasteiger partial charge on any atom is 0.255 e. The highest BCUT2D eigenvalue weighted by molar-refractivity contribution is 7.93. The second kappa shape index (κ2) is 9.96. The molecule has 1 aliphatic carbocycles. The molecule has 0 saturated heterocycles. The number of carbonyl (C=O) groups excluding carboxylic acids is 2. The Morgan fingerprint density at radius 1 is 0.806 bits per heavy atom. The number of sulfonamides is 1. The minimum Gasteiger partial charge on any atom is -0.326 e. The highest BCUT2D eigenvalue weighted by Crippen LogP contribution is 2.25. The second-order valence-corrected chi connectivity index (χ2v) is 10.4. The van der Waals surface area contributed by atoms with Crippen molar-refractivity contribution in [1.82, 2.24) is 0 Å². The van der Waals surface area contributed by atoms with Crippen molar-refractivity contribution in [3.05, 3.63) is 54.1 Å². The Labute approximate surface area is 183 Å². The molecule has 2 aromatic carbocycles. The van der Waals surface area contributed by atoms with E-state index in [1.807, 2.05) is 0 Å². The fraction of sp³-hybridized carbons (Fsp3) is 0.391. The third-order valence-electron chi connectivity index (χ3n) is 5.41. The van der Waals surface area contributed by atoms with Crippen LogP contribution in [0.2, 0.25) is 0 Å². The molecule has 7 nitrogen and oxygen atoms in total. The molecule has 1 aliphatic rings. The minimum atomic E-state index is -3.43. The number of rotatable bonds is 7. The van der Waals surface area contributed by atoms with Gasteiger partial charge in [-0.3, -0.25) is 14.3 Å². The SMILES string of the molecule is CC(C)S(=O)(=O)Nc1ccc(C(=O)Nc2ccc(NC(=O)C3CCCCC3)cc2)cc1. The summed E-state index contributed by atoms with van der Waals surface area (Å²) in [5.74, 6) is -0.164. The second-order valence-electron chi connectivity index (χ2n) is 8.13. The van der Waals surface area contributed by atoms with Crippen LogP contribution < -0.4 is 15.4 Å². The van der Waals surface area contributed by atoms with Crippen molar-refractivity contribution in [1.29, 1.82) is 0 Å². The van der Waals surface area contributed by atoms with Gasteiger partial charge in [-0.05, 0) is 75.2 Å². The molecule has 0 aliphatic heterocycles. The van der Waals surface area contributed by atoms with Gasteiger partial charge in [0.25, 0.3) is 5.91 Å². The molecule has 0 heterocycles. The van der Waals surface area contributed by atoms with Gasteiger partial charge >= 0.3 is 0 Å². The quantitative estimate of drug-likeness (QED) is 0.581. The summed E-state index contributed by atoms with van der Waals surface area (Å²) < 4.78 is 26.3. The Morgan fingerprint density at radius 3 is 1.87 bits per heavy atom. The Balaban J connectivity index is 1.56. The summed E-state index contributed by atoms with van der Waals surface area (Å²) in [6.07, 6.45) is 5.30. The standard InChI is InChI=1S/C23H29N3O4S/c1-16(2)31(29,30)26-21-10-8-18(9-11-21)23(28)25-20-14-12-19(13-15-20)24-22(27)17-6-4-3-5-7-17/h8-17,26H,3-7H2,1-2H3,(H,24,27)(H,25,28). The number of benzene rings is 2. The molecule has 2 aromatic rings. The number of hydrogen-bond donors (Lipinski definition) is 3. The van der Waals surface area contributed by atoms with Crippen molar-refractivity contribution in [3.63, 3.8) is 0 Å². The molecule has 0 radical (unpaired) electrons. The third kappa shape index (κ3) is 6.30. The molecule has 1 fully saturated rings. The van der Waals surface area contributed by atoms with E-state index in [-0.39, 0.29) is 17.7 Å². The van der Waals surface area contributed by atoms with Crippen LogP contribution in [0.25, 0.3) is 0 Å². The molecule has 0 atom stereocenters. The van der Waals surface area contributed by atoms with Gasteiger partial charge in [0.05, 0.1) is 5.25 Å². The van der Waals surface area contributed by atoms with E-state index in [2.05, 4.69) is 15.4 Å². The van der Waals surface area contributed by atoms with Crippen LogP contribution >= 0.6 is 0 Å². The Morgan fingerprint density at radius 2 is 1.32 bits per heavy atom. The topological polar surface area (TPSA) is 104 Å². The average molecular weight is 444 g/mol. The minimum absolute atomic E-state index is 0.0599. The molecule has 8 heteroatoms. The fourth-order valence-corrected chi connectivity index (χ4v) is 4.12. The normalized spacial score (nSPS) is 14.8. The van der Waals surface area contributed by atoms with Gasteiger partial charge in [0.2, 0.25) is 15.9 Å². The van der Waals surface area contributed by atoms with Crippen LogP contribution in [0.15, 0.2) is 48.5 Å². The van der Waals surface area contributed by atoms with Crippen molar-refractivity contribution >= 4 is 38.9 Å². The summed E-state index contributed by atoms with van der Waals surface area (Å²) in [5.41, 5.74) is 2.12. The number of amides is 2. The summed E-state index contributed by atoms with van der Waals surface area (Å²) in [4.78, 5) is 24.8. The van der Waals surface area contributed by atoms with Gasteiger partial charge in [-0.15, -0.1) is 0 Å². The molecule has 0 spiro atoms. The molecular weight excluding hydrogens is 414 g/mol. The van der Waals surface area contributed by atoms with Crippen molar-refractivity contribution < 1.29 is 18.0 Å². The summed E-state index contributed by atoms with van der Waals surface area (Å²) in [6, 6.07) is 13.2. The molecule has 1 saturated carbocycles. The molecule has 0 bridgehead atoms. The first-order chi connectivity index (χ1) is 14.7. The first-order valence-corrected chi connectivity index (χ1v) is 12.1. The van der Waals surface area contributed by atoms with Gasteiger partial charge < -0.3 is 10.6 Å². The van der Waals surface area contributed by atoms with Crippen LogP contribution in [0.4, 0.5) is 17.1 Å². The third-order valence-corrected chi connectivity index (χ3v) is 7.18. The highest BCUT2D eigenvalue weighted by Gasteiger charge is 2.21. The van der Waals surface area contributed by atoms with Gasteiger partial charge in [0.15, 0.2) is 0 Å². The highest BCUT2D eigenvalue weighted by atomic mass is 32.2. The Kier molecular flexibility index (Phi) is 7.33. The lowest BCUT2D eigenvalue weighted by Crippen LogP contribution is -2.24. The van der Waals surface area contributed by atoms with E-state index in [1.54, 1.807) is 62.4 Å². The van der Waals surface area contributed by atoms with Crippen molar-refractivity contribution in [2.45, 2.75) is 51.2 Å². The van der Waals surface area contributed by atoms with Crippen LogP contribution in [-0.4, -0.2) is 25.5 Å². The molecule has 3 N–H and O–H groups in total. The lowest BCUT2D eigenvalue weighted by atomic mass is 9.88. The van der Waals surface area contributed by atoms with Crippen LogP contribution in [0, 0.1) is 5.92 Å². The Hall–Kier alpha value is -2.87. The average Bonchev–Trinajstić information content (AvgIpc) is 2.76. The molecule has 2 amide bonds. The largest absolute Gasteiger partial charge is 0.326 e. The van der Waals surface area contributed by atoms with Gasteiger partial charge in [0.1, 0.15) is 0 Å². The van der Waals surface area contributed by atoms with E-state index in [4.69, 9.17) is 0 Å². The maximum absolute atomic E-state index is 12.5. The van der Waals surface area contributed by atoms with Crippen molar-refractivity contribution in [2.75, 3.05) is 15.4 Å². The van der Waals surface area contributed by atoms with E-state index >= 15 is 0 Å². The molecular formula is C23H29N3O4S. The van der Waals surface area contributed by atoms with E-state index in [9.17, 15) is 18.0 Å². The van der Waals surface area contributed by atoms with Gasteiger partial charge in [-0.1, -0.05) is 19.3 Å². The van der Waals surface area contributed by atoms with Crippen LogP contribution in [0.1, 0.15) is 56.3 Å².